The molecule has 1 aromatic heterocycles. The van der Waals surface area contributed by atoms with E-state index in [-0.39, 0.29) is 17.5 Å². The van der Waals surface area contributed by atoms with Gasteiger partial charge in [0.2, 0.25) is 0 Å². The predicted octanol–water partition coefficient (Wildman–Crippen LogP) is 7.60. The van der Waals surface area contributed by atoms with Crippen LogP contribution >= 0.6 is 27.5 Å². The maximum absolute atomic E-state index is 13.0. The first-order chi connectivity index (χ1) is 16.4. The van der Waals surface area contributed by atoms with E-state index in [2.05, 4.69) is 25.8 Å². The van der Waals surface area contributed by atoms with Gasteiger partial charge >= 0.3 is 0 Å². The van der Waals surface area contributed by atoms with Gasteiger partial charge in [0.1, 0.15) is 0 Å². The van der Waals surface area contributed by atoms with Gasteiger partial charge in [0.05, 0.1) is 22.4 Å². The van der Waals surface area contributed by atoms with Crippen LogP contribution in [0.4, 0.5) is 11.4 Å². The molecule has 0 amide bonds. The minimum absolute atomic E-state index is 0.0355. The van der Waals surface area contributed by atoms with E-state index in [1.54, 1.807) is 12.1 Å². The zero-order valence-corrected chi connectivity index (χ0v) is 20.2. The van der Waals surface area contributed by atoms with E-state index in [1.807, 2.05) is 54.6 Å². The number of carbonyl (C=O) groups is 1. The van der Waals surface area contributed by atoms with Crippen molar-refractivity contribution in [1.82, 2.24) is 4.57 Å². The lowest BCUT2D eigenvalue weighted by Crippen LogP contribution is -2.23. The van der Waals surface area contributed by atoms with Crippen LogP contribution in [0, 0.1) is 10.1 Å². The number of aromatic nitrogens is 1. The van der Waals surface area contributed by atoms with E-state index in [4.69, 9.17) is 11.6 Å². The highest BCUT2D eigenvalue weighted by Gasteiger charge is 2.32. The number of non-ortho nitro benzene ring substituents is 1. The Morgan fingerprint density at radius 1 is 1.00 bits per heavy atom. The summed E-state index contributed by atoms with van der Waals surface area (Å²) in [6.07, 6.45) is 1.03. The van der Waals surface area contributed by atoms with Crippen LogP contribution in [-0.4, -0.2) is 15.3 Å². The van der Waals surface area contributed by atoms with Crippen molar-refractivity contribution in [3.8, 4) is 16.9 Å². The fraction of sp³-hybridized carbons (Fsp3) is 0.115. The third-order valence-electron chi connectivity index (χ3n) is 5.97. The molecule has 34 heavy (non-hydrogen) atoms. The number of nitrogens with zero attached hydrogens (tertiary/aromatic N) is 2. The van der Waals surface area contributed by atoms with Crippen LogP contribution in [0.25, 0.3) is 16.9 Å². The van der Waals surface area contributed by atoms with Gasteiger partial charge in [-0.2, -0.15) is 0 Å². The Bertz CT molecular complexity index is 1380. The predicted molar refractivity (Wildman–Crippen MR) is 137 cm³/mol. The van der Waals surface area contributed by atoms with Crippen LogP contribution in [-0.2, 0) is 0 Å². The number of fused-ring (bicyclic) bond motifs is 1. The topological polar surface area (TPSA) is 77.2 Å². The number of Topliss-reactive ketones (excluding diaryl/α,β-unsaturated/α-hetero) is 1. The maximum atomic E-state index is 13.0. The molecule has 4 aromatic rings. The van der Waals surface area contributed by atoms with Gasteiger partial charge in [-0.05, 0) is 66.6 Å². The average Bonchev–Trinajstić information content (AvgIpc) is 3.24. The molecule has 3 aromatic carbocycles. The number of nitro benzene ring substituents is 1. The summed E-state index contributed by atoms with van der Waals surface area (Å²) in [4.78, 5) is 23.6. The highest BCUT2D eigenvalue weighted by Crippen LogP contribution is 2.40. The van der Waals surface area contributed by atoms with E-state index in [9.17, 15) is 14.9 Å². The number of nitro groups is 1. The molecule has 0 bridgehead atoms. The molecule has 1 heterocycles. The summed E-state index contributed by atoms with van der Waals surface area (Å²) in [5.41, 5.74) is 5.12. The summed E-state index contributed by atoms with van der Waals surface area (Å²) in [6.45, 7) is 0. The number of ketones is 1. The van der Waals surface area contributed by atoms with Gasteiger partial charge in [0.15, 0.2) is 5.78 Å². The van der Waals surface area contributed by atoms with Crippen molar-refractivity contribution in [2.24, 2.45) is 0 Å². The van der Waals surface area contributed by atoms with Crippen molar-refractivity contribution >= 4 is 44.7 Å². The van der Waals surface area contributed by atoms with Crippen molar-refractivity contribution in [2.45, 2.75) is 18.9 Å². The van der Waals surface area contributed by atoms with Crippen molar-refractivity contribution in [2.75, 3.05) is 5.32 Å². The minimum atomic E-state index is -0.418. The smallest absolute Gasteiger partial charge is 0.269 e. The van der Waals surface area contributed by atoms with Crippen molar-refractivity contribution in [1.29, 1.82) is 0 Å². The van der Waals surface area contributed by atoms with Crippen LogP contribution in [0.5, 0.6) is 0 Å². The van der Waals surface area contributed by atoms with Crippen molar-refractivity contribution in [3.63, 3.8) is 0 Å². The number of carbonyl (C=O) groups excluding carboxylic acids is 1. The van der Waals surface area contributed by atoms with Crippen LogP contribution in [0.15, 0.2) is 83.3 Å². The molecular formula is C26H19BrClN3O3. The monoisotopic (exact) mass is 535 g/mol. The van der Waals surface area contributed by atoms with Crippen LogP contribution < -0.4 is 5.32 Å². The summed E-state index contributed by atoms with van der Waals surface area (Å²) in [5.74, 6) is 0.0998. The summed E-state index contributed by atoms with van der Waals surface area (Å²) in [6, 6.07) is 23.7. The summed E-state index contributed by atoms with van der Waals surface area (Å²) in [7, 11) is 0. The lowest BCUT2D eigenvalue weighted by Gasteiger charge is -2.27. The van der Waals surface area contributed by atoms with Crippen LogP contribution in [0.2, 0.25) is 5.02 Å². The molecule has 0 radical (unpaired) electrons. The number of halogens is 2. The first kappa shape index (κ1) is 22.4. The molecule has 5 rings (SSSR count). The SMILES string of the molecule is O=C1CCC(Nc2ccc([N+](=O)[O-])cc2)c2c1cc(-c1ccc(Cl)cc1)n2-c1ccc(Br)cc1. The van der Waals surface area contributed by atoms with Gasteiger partial charge in [-0.25, -0.2) is 0 Å². The maximum Gasteiger partial charge on any atom is 0.269 e. The second-order valence-electron chi connectivity index (χ2n) is 8.11. The third kappa shape index (κ3) is 4.24. The Kier molecular flexibility index (Phi) is 5.98. The molecule has 8 heteroatoms. The second-order valence-corrected chi connectivity index (χ2v) is 9.46. The summed E-state index contributed by atoms with van der Waals surface area (Å²) >= 11 is 9.62. The Hall–Kier alpha value is -3.42. The lowest BCUT2D eigenvalue weighted by atomic mass is 9.91. The highest BCUT2D eigenvalue weighted by atomic mass is 79.9. The Labute approximate surface area is 209 Å². The second kappa shape index (κ2) is 9.08. The number of hydrogen-bond donors (Lipinski definition) is 1. The van der Waals surface area contributed by atoms with Crippen molar-refractivity contribution in [3.05, 3.63) is 110 Å². The molecule has 0 aliphatic heterocycles. The molecule has 1 aliphatic rings. The Balaban J connectivity index is 1.65. The molecule has 1 aliphatic carbocycles. The minimum Gasteiger partial charge on any atom is -0.377 e. The van der Waals surface area contributed by atoms with E-state index >= 15 is 0 Å². The fourth-order valence-electron chi connectivity index (χ4n) is 4.36. The number of rotatable bonds is 5. The van der Waals surface area contributed by atoms with E-state index in [0.29, 0.717) is 23.4 Å². The number of anilines is 1. The summed E-state index contributed by atoms with van der Waals surface area (Å²) in [5, 5.41) is 15.2. The Morgan fingerprint density at radius 2 is 1.68 bits per heavy atom. The highest BCUT2D eigenvalue weighted by molar-refractivity contribution is 9.10. The largest absolute Gasteiger partial charge is 0.377 e. The zero-order chi connectivity index (χ0) is 23.8. The average molecular weight is 537 g/mol. The normalized spacial score (nSPS) is 15.1. The number of hydrogen-bond acceptors (Lipinski definition) is 4. The van der Waals surface area contributed by atoms with Gasteiger partial charge in [0, 0.05) is 45.0 Å². The van der Waals surface area contributed by atoms with Crippen LogP contribution in [0.3, 0.4) is 0 Å². The van der Waals surface area contributed by atoms with Gasteiger partial charge in [-0.3, -0.25) is 14.9 Å². The quantitative estimate of drug-likeness (QED) is 0.210. The number of nitrogens with one attached hydrogen (secondary N) is 1. The lowest BCUT2D eigenvalue weighted by molar-refractivity contribution is -0.384. The first-order valence-electron chi connectivity index (χ1n) is 10.7. The molecule has 1 unspecified atom stereocenters. The third-order valence-corrected chi connectivity index (χ3v) is 6.75. The van der Waals surface area contributed by atoms with Gasteiger partial charge in [-0.15, -0.1) is 0 Å². The van der Waals surface area contributed by atoms with E-state index in [0.717, 1.165) is 32.8 Å². The molecule has 0 saturated heterocycles. The number of benzene rings is 3. The fourth-order valence-corrected chi connectivity index (χ4v) is 4.75. The summed E-state index contributed by atoms with van der Waals surface area (Å²) < 4.78 is 3.08. The first-order valence-corrected chi connectivity index (χ1v) is 11.9. The molecule has 0 spiro atoms. The van der Waals surface area contributed by atoms with Gasteiger partial charge in [-0.1, -0.05) is 39.7 Å². The molecule has 1 atom stereocenters. The molecule has 0 saturated carbocycles. The Morgan fingerprint density at radius 3 is 2.32 bits per heavy atom. The molecular weight excluding hydrogens is 518 g/mol. The molecule has 6 nitrogen and oxygen atoms in total. The zero-order valence-electron chi connectivity index (χ0n) is 17.9. The van der Waals surface area contributed by atoms with Gasteiger partial charge < -0.3 is 9.88 Å². The van der Waals surface area contributed by atoms with Gasteiger partial charge in [0.25, 0.3) is 5.69 Å². The molecule has 1 N–H and O–H groups in total. The van der Waals surface area contributed by atoms with Crippen LogP contribution in [0.1, 0.15) is 34.9 Å². The standard InChI is InChI=1S/C26H19BrClN3O3/c27-17-3-9-20(10-4-17)30-24(16-1-5-18(28)6-2-16)15-22-25(32)14-13-23(26(22)30)29-19-7-11-21(12-8-19)31(33)34/h1-12,15,23,29H,13-14H2. The van der Waals surface area contributed by atoms with E-state index < -0.39 is 4.92 Å². The molecule has 170 valence electrons. The molecule has 0 fully saturated rings. The van der Waals surface area contributed by atoms with Crippen molar-refractivity contribution < 1.29 is 9.72 Å². The van der Waals surface area contributed by atoms with E-state index in [1.165, 1.54) is 12.1 Å².